The molecule has 2 aromatic rings. The predicted octanol–water partition coefficient (Wildman–Crippen LogP) is 5.27. The molecule has 38 heavy (non-hydrogen) atoms. The van der Waals surface area contributed by atoms with Crippen molar-refractivity contribution in [3.8, 4) is 5.75 Å². The number of rotatable bonds is 15. The van der Waals surface area contributed by atoms with Crippen LogP contribution in [-0.4, -0.2) is 57.6 Å². The molecule has 8 nitrogen and oxygen atoms in total. The molecule has 0 spiro atoms. The van der Waals surface area contributed by atoms with E-state index in [1.54, 1.807) is 42.5 Å². The second-order valence-electron chi connectivity index (χ2n) is 8.93. The fourth-order valence-electron chi connectivity index (χ4n) is 4.05. The van der Waals surface area contributed by atoms with Crippen LogP contribution in [0.25, 0.3) is 0 Å². The molecule has 0 radical (unpaired) electrons. The van der Waals surface area contributed by atoms with Crippen molar-refractivity contribution in [2.45, 2.75) is 58.5 Å². The first-order valence-corrected chi connectivity index (χ1v) is 15.3. The van der Waals surface area contributed by atoms with Gasteiger partial charge in [0.2, 0.25) is 21.8 Å². The zero-order chi connectivity index (χ0) is 28.3. The van der Waals surface area contributed by atoms with Crippen molar-refractivity contribution in [3.05, 3.63) is 58.1 Å². The Bertz CT molecular complexity index is 1170. The van der Waals surface area contributed by atoms with E-state index in [0.29, 0.717) is 40.0 Å². The van der Waals surface area contributed by atoms with Gasteiger partial charge in [-0.05, 0) is 43.5 Å². The van der Waals surface area contributed by atoms with E-state index in [4.69, 9.17) is 27.9 Å². The smallest absolute Gasteiger partial charge is 0.242 e. The Morgan fingerprint density at radius 3 is 2.29 bits per heavy atom. The van der Waals surface area contributed by atoms with Crippen molar-refractivity contribution in [3.63, 3.8) is 0 Å². The molecular weight excluding hydrogens is 549 g/mol. The van der Waals surface area contributed by atoms with Crippen molar-refractivity contribution in [2.24, 2.45) is 0 Å². The minimum atomic E-state index is -3.61. The number of nitrogens with zero attached hydrogens (tertiary/aromatic N) is 2. The van der Waals surface area contributed by atoms with E-state index >= 15 is 0 Å². The number of benzene rings is 2. The lowest BCUT2D eigenvalue weighted by Gasteiger charge is -2.31. The quantitative estimate of drug-likeness (QED) is 0.287. The molecule has 2 rings (SSSR count). The number of unbranched alkanes of at least 4 members (excludes halogenated alkanes) is 1. The number of amides is 2. The van der Waals surface area contributed by atoms with Crippen molar-refractivity contribution >= 4 is 50.7 Å². The summed E-state index contributed by atoms with van der Waals surface area (Å²) in [5.74, 6) is -0.0147. The first-order chi connectivity index (χ1) is 18.0. The Labute approximate surface area is 236 Å². The van der Waals surface area contributed by atoms with Crippen LogP contribution in [0.1, 0.15) is 51.5 Å². The van der Waals surface area contributed by atoms with Gasteiger partial charge in [0.15, 0.2) is 0 Å². The highest BCUT2D eigenvalue weighted by atomic mass is 35.5. The van der Waals surface area contributed by atoms with Gasteiger partial charge in [0.25, 0.3) is 0 Å². The fourth-order valence-corrected chi connectivity index (χ4v) is 5.52. The van der Waals surface area contributed by atoms with Crippen molar-refractivity contribution in [1.29, 1.82) is 0 Å². The van der Waals surface area contributed by atoms with Gasteiger partial charge in [0.1, 0.15) is 11.8 Å². The molecule has 0 saturated carbocycles. The van der Waals surface area contributed by atoms with Gasteiger partial charge in [-0.3, -0.25) is 13.9 Å². The molecule has 1 atom stereocenters. The Morgan fingerprint density at radius 1 is 1.05 bits per heavy atom. The molecule has 0 aromatic heterocycles. The summed E-state index contributed by atoms with van der Waals surface area (Å²) in [6, 6.07) is 11.1. The molecule has 0 fully saturated rings. The Hall–Kier alpha value is -2.49. The fraction of sp³-hybridized carbons (Fsp3) is 0.481. The summed E-state index contributed by atoms with van der Waals surface area (Å²) < 4.78 is 31.5. The summed E-state index contributed by atoms with van der Waals surface area (Å²) >= 11 is 12.8. The maximum absolute atomic E-state index is 13.5. The van der Waals surface area contributed by atoms with E-state index in [-0.39, 0.29) is 37.7 Å². The lowest BCUT2D eigenvalue weighted by Crippen LogP contribution is -2.49. The van der Waals surface area contributed by atoms with Crippen molar-refractivity contribution < 1.29 is 22.7 Å². The Morgan fingerprint density at radius 2 is 1.71 bits per heavy atom. The zero-order valence-corrected chi connectivity index (χ0v) is 24.7. The van der Waals surface area contributed by atoms with Gasteiger partial charge >= 0.3 is 0 Å². The molecule has 0 aliphatic rings. The molecule has 210 valence electrons. The maximum atomic E-state index is 13.5. The number of hydrogen-bond acceptors (Lipinski definition) is 5. The second kappa shape index (κ2) is 15.2. The van der Waals surface area contributed by atoms with Crippen LogP contribution in [0, 0.1) is 0 Å². The molecule has 2 amide bonds. The number of nitrogens with one attached hydrogen (secondary N) is 1. The van der Waals surface area contributed by atoms with Crippen LogP contribution in [0.15, 0.2) is 42.5 Å². The number of carbonyl (C=O) groups excluding carboxylic acids is 2. The lowest BCUT2D eigenvalue weighted by molar-refractivity contribution is -0.141. The highest BCUT2D eigenvalue weighted by Crippen LogP contribution is 2.28. The maximum Gasteiger partial charge on any atom is 0.242 e. The van der Waals surface area contributed by atoms with Gasteiger partial charge in [-0.15, -0.1) is 0 Å². The van der Waals surface area contributed by atoms with Gasteiger partial charge in [0.05, 0.1) is 19.1 Å². The van der Waals surface area contributed by atoms with E-state index in [1.807, 2.05) is 13.8 Å². The van der Waals surface area contributed by atoms with E-state index in [1.165, 1.54) is 16.3 Å². The van der Waals surface area contributed by atoms with Gasteiger partial charge in [-0.25, -0.2) is 8.42 Å². The molecule has 0 aliphatic carbocycles. The highest BCUT2D eigenvalue weighted by Gasteiger charge is 2.29. The molecule has 1 N–H and O–H groups in total. The van der Waals surface area contributed by atoms with Crippen LogP contribution in [0.4, 0.5) is 5.69 Å². The van der Waals surface area contributed by atoms with Gasteiger partial charge in [-0.1, -0.05) is 55.6 Å². The number of hydrogen-bond donors (Lipinski definition) is 1. The molecule has 0 saturated heterocycles. The number of ether oxygens (including phenoxy) is 1. The summed E-state index contributed by atoms with van der Waals surface area (Å²) in [6.45, 7) is 4.53. The molecule has 2 aromatic carbocycles. The standard InChI is InChI=1S/C27H37Cl2N3O5S/c1-5-7-16-30-27(34)25(6-2)31(19-22-23(28)13-9-14-24(22)29)26(33)15-10-17-32(38(4,35)36)20-11-8-12-21(18-20)37-3/h8-9,11-14,18,25H,5-7,10,15-17,19H2,1-4H3,(H,30,34). The van der Waals surface area contributed by atoms with Crippen LogP contribution in [0.5, 0.6) is 5.75 Å². The monoisotopic (exact) mass is 585 g/mol. The van der Waals surface area contributed by atoms with Crippen LogP contribution in [0.3, 0.4) is 0 Å². The van der Waals surface area contributed by atoms with E-state index < -0.39 is 16.1 Å². The SMILES string of the molecule is CCCCNC(=O)C(CC)N(Cc1c(Cl)cccc1Cl)C(=O)CCCN(c1cccc(OC)c1)S(C)(=O)=O. The Balaban J connectivity index is 2.26. The molecule has 0 bridgehead atoms. The number of carbonyl (C=O) groups is 2. The number of halogens is 2. The minimum Gasteiger partial charge on any atom is -0.497 e. The summed E-state index contributed by atoms with van der Waals surface area (Å²) in [6.07, 6.45) is 3.54. The van der Waals surface area contributed by atoms with Crippen LogP contribution in [0.2, 0.25) is 10.0 Å². The summed E-state index contributed by atoms with van der Waals surface area (Å²) in [5, 5.41) is 3.71. The van der Waals surface area contributed by atoms with E-state index in [0.717, 1.165) is 19.1 Å². The first kappa shape index (κ1) is 31.7. The first-order valence-electron chi connectivity index (χ1n) is 12.6. The van der Waals surface area contributed by atoms with Crippen molar-refractivity contribution in [1.82, 2.24) is 10.2 Å². The normalized spacial score (nSPS) is 12.1. The number of sulfonamides is 1. The topological polar surface area (TPSA) is 96.0 Å². The second-order valence-corrected chi connectivity index (χ2v) is 11.7. The largest absolute Gasteiger partial charge is 0.497 e. The van der Waals surface area contributed by atoms with Crippen molar-refractivity contribution in [2.75, 3.05) is 30.8 Å². The summed E-state index contributed by atoms with van der Waals surface area (Å²) in [7, 11) is -2.11. The third-order valence-corrected chi connectivity index (χ3v) is 8.00. The van der Waals surface area contributed by atoms with Crippen LogP contribution >= 0.6 is 23.2 Å². The molecule has 0 aliphatic heterocycles. The van der Waals surface area contributed by atoms with E-state index in [2.05, 4.69) is 5.32 Å². The average molecular weight is 587 g/mol. The van der Waals surface area contributed by atoms with Gasteiger partial charge in [-0.2, -0.15) is 0 Å². The van der Waals surface area contributed by atoms with Gasteiger partial charge < -0.3 is 15.0 Å². The minimum absolute atomic E-state index is 0.0246. The van der Waals surface area contributed by atoms with Gasteiger partial charge in [0, 0.05) is 47.7 Å². The third kappa shape index (κ3) is 9.06. The molecular formula is C27H37Cl2N3O5S. The van der Waals surface area contributed by atoms with Crippen LogP contribution in [-0.2, 0) is 26.2 Å². The highest BCUT2D eigenvalue weighted by molar-refractivity contribution is 7.92. The van der Waals surface area contributed by atoms with E-state index in [9.17, 15) is 18.0 Å². The molecule has 11 heteroatoms. The molecule has 1 unspecified atom stereocenters. The summed E-state index contributed by atoms with van der Waals surface area (Å²) in [4.78, 5) is 28.1. The lowest BCUT2D eigenvalue weighted by atomic mass is 10.1. The Kier molecular flexibility index (Phi) is 12.7. The third-order valence-electron chi connectivity index (χ3n) is 6.10. The number of methoxy groups -OCH3 is 1. The molecule has 0 heterocycles. The average Bonchev–Trinajstić information content (AvgIpc) is 2.87. The zero-order valence-electron chi connectivity index (χ0n) is 22.4. The summed E-state index contributed by atoms with van der Waals surface area (Å²) in [5.41, 5.74) is 0.999. The van der Waals surface area contributed by atoms with Crippen LogP contribution < -0.4 is 14.4 Å². The predicted molar refractivity (Wildman–Crippen MR) is 153 cm³/mol. The number of anilines is 1.